The van der Waals surface area contributed by atoms with Gasteiger partial charge < -0.3 is 16.5 Å². The molecule has 0 bridgehead atoms. The Morgan fingerprint density at radius 3 is 2.87 bits per heavy atom. The molecule has 15 heavy (non-hydrogen) atoms. The quantitative estimate of drug-likeness (QED) is 0.494. The monoisotopic (exact) mass is 200 g/mol. The fourth-order valence-electron chi connectivity index (χ4n) is 1.60. The van der Waals surface area contributed by atoms with Gasteiger partial charge in [-0.15, -0.1) is 0 Å². The van der Waals surface area contributed by atoms with Gasteiger partial charge in [0.2, 0.25) is 0 Å². The van der Waals surface area contributed by atoms with E-state index in [9.17, 15) is 0 Å². The van der Waals surface area contributed by atoms with Crippen LogP contribution in [-0.4, -0.2) is 19.9 Å². The number of nitrogen functional groups attached to an aromatic ring is 2. The molecule has 0 aliphatic heterocycles. The van der Waals surface area contributed by atoms with Gasteiger partial charge >= 0.3 is 0 Å². The van der Waals surface area contributed by atoms with E-state index < -0.39 is 0 Å². The van der Waals surface area contributed by atoms with E-state index in [0.717, 1.165) is 0 Å². The second kappa shape index (κ2) is 2.57. The lowest BCUT2D eigenvalue weighted by atomic mass is 10.3. The number of pyridine rings is 2. The van der Waals surface area contributed by atoms with Gasteiger partial charge in [-0.1, -0.05) is 0 Å². The molecule has 0 aliphatic rings. The minimum absolute atomic E-state index is 0.316. The summed E-state index contributed by atoms with van der Waals surface area (Å²) in [6.07, 6.45) is 1.69. The molecule has 0 aromatic carbocycles. The van der Waals surface area contributed by atoms with E-state index in [1.807, 2.05) is 6.07 Å². The molecule has 0 saturated carbocycles. The van der Waals surface area contributed by atoms with Crippen molar-refractivity contribution in [1.82, 2.24) is 19.9 Å². The minimum atomic E-state index is 0.316. The Labute approximate surface area is 84.3 Å². The van der Waals surface area contributed by atoms with Crippen LogP contribution in [0.2, 0.25) is 0 Å². The number of imidazole rings is 1. The molecule has 6 heteroatoms. The molecule has 0 fully saturated rings. The molecule has 5 N–H and O–H groups in total. The lowest BCUT2D eigenvalue weighted by molar-refractivity contribution is 1.35. The van der Waals surface area contributed by atoms with Crippen molar-refractivity contribution in [2.75, 3.05) is 11.5 Å². The van der Waals surface area contributed by atoms with Gasteiger partial charge in [-0.2, -0.15) is 0 Å². The first-order valence-corrected chi connectivity index (χ1v) is 4.41. The fraction of sp³-hybridized carbons (Fsp3) is 0. The van der Waals surface area contributed by atoms with Crippen LogP contribution in [0.15, 0.2) is 18.3 Å². The second-order valence-electron chi connectivity index (χ2n) is 3.21. The summed E-state index contributed by atoms with van der Waals surface area (Å²) in [4.78, 5) is 15.4. The van der Waals surface area contributed by atoms with Crippen molar-refractivity contribution in [3.05, 3.63) is 18.3 Å². The standard InChI is InChI=1S/C9H8N6/c10-8-7-6(14-9(11)15-7)5-4(13-8)2-1-3-12-5/h1-3H,(H2,10,13)(H3,11,14,15). The number of nitrogens with zero attached hydrogens (tertiary/aromatic N) is 3. The number of hydrogen-bond donors (Lipinski definition) is 3. The summed E-state index contributed by atoms with van der Waals surface area (Å²) in [7, 11) is 0. The largest absolute Gasteiger partial charge is 0.382 e. The van der Waals surface area contributed by atoms with E-state index in [-0.39, 0.29) is 0 Å². The van der Waals surface area contributed by atoms with Crippen LogP contribution in [0, 0.1) is 0 Å². The van der Waals surface area contributed by atoms with Crippen LogP contribution in [0.4, 0.5) is 11.8 Å². The molecule has 0 unspecified atom stereocenters. The molecule has 0 aliphatic carbocycles. The van der Waals surface area contributed by atoms with Gasteiger partial charge in [0.1, 0.15) is 22.4 Å². The fourth-order valence-corrected chi connectivity index (χ4v) is 1.60. The zero-order chi connectivity index (χ0) is 10.4. The molecule has 0 atom stereocenters. The maximum Gasteiger partial charge on any atom is 0.198 e. The average Bonchev–Trinajstić information content (AvgIpc) is 2.61. The first-order chi connectivity index (χ1) is 7.25. The molecule has 3 aromatic heterocycles. The third kappa shape index (κ3) is 1.01. The van der Waals surface area contributed by atoms with Gasteiger partial charge in [0.05, 0.1) is 5.52 Å². The summed E-state index contributed by atoms with van der Waals surface area (Å²) in [5, 5.41) is 0. The number of rotatable bonds is 0. The Hall–Kier alpha value is -2.37. The predicted molar refractivity (Wildman–Crippen MR) is 58.0 cm³/mol. The molecule has 74 valence electrons. The molecular formula is C9H8N6. The highest BCUT2D eigenvalue weighted by Crippen LogP contribution is 2.24. The zero-order valence-electron chi connectivity index (χ0n) is 7.73. The van der Waals surface area contributed by atoms with Gasteiger partial charge in [0.15, 0.2) is 5.95 Å². The number of H-pyrrole nitrogens is 1. The van der Waals surface area contributed by atoms with Crippen molar-refractivity contribution in [2.24, 2.45) is 0 Å². The average molecular weight is 200 g/mol. The van der Waals surface area contributed by atoms with Gasteiger partial charge in [0.25, 0.3) is 0 Å². The molecule has 0 spiro atoms. The molecular weight excluding hydrogens is 192 g/mol. The van der Waals surface area contributed by atoms with E-state index in [1.165, 1.54) is 0 Å². The Morgan fingerprint density at radius 1 is 1.13 bits per heavy atom. The SMILES string of the molecule is Nc1nc2c([nH]1)c(N)nc1cccnc12. The number of aromatic nitrogens is 4. The number of hydrogen-bond acceptors (Lipinski definition) is 5. The van der Waals surface area contributed by atoms with Crippen molar-refractivity contribution in [3.63, 3.8) is 0 Å². The predicted octanol–water partition coefficient (Wildman–Crippen LogP) is 0.670. The molecule has 0 amide bonds. The van der Waals surface area contributed by atoms with Crippen molar-refractivity contribution in [2.45, 2.75) is 0 Å². The number of aromatic amines is 1. The van der Waals surface area contributed by atoms with E-state index >= 15 is 0 Å². The summed E-state index contributed by atoms with van der Waals surface area (Å²) in [6, 6.07) is 3.64. The van der Waals surface area contributed by atoms with Gasteiger partial charge in [-0.3, -0.25) is 4.98 Å². The van der Waals surface area contributed by atoms with Crippen LogP contribution in [0.1, 0.15) is 0 Å². The highest BCUT2D eigenvalue weighted by atomic mass is 15.1. The highest BCUT2D eigenvalue weighted by Gasteiger charge is 2.10. The molecule has 3 heterocycles. The summed E-state index contributed by atoms with van der Waals surface area (Å²) in [6.45, 7) is 0. The zero-order valence-corrected chi connectivity index (χ0v) is 7.73. The molecule has 3 rings (SSSR count). The first kappa shape index (κ1) is 7.98. The summed E-state index contributed by atoms with van der Waals surface area (Å²) in [5.74, 6) is 0.700. The van der Waals surface area contributed by atoms with E-state index in [2.05, 4.69) is 19.9 Å². The van der Waals surface area contributed by atoms with Crippen LogP contribution in [-0.2, 0) is 0 Å². The van der Waals surface area contributed by atoms with Crippen LogP contribution in [0.5, 0.6) is 0 Å². The number of nitrogens with two attached hydrogens (primary N) is 2. The van der Waals surface area contributed by atoms with Gasteiger partial charge in [-0.05, 0) is 12.1 Å². The van der Waals surface area contributed by atoms with Crippen LogP contribution in [0.25, 0.3) is 22.1 Å². The van der Waals surface area contributed by atoms with Crippen LogP contribution < -0.4 is 11.5 Å². The lowest BCUT2D eigenvalue weighted by Crippen LogP contribution is -1.93. The van der Waals surface area contributed by atoms with Crippen LogP contribution in [0.3, 0.4) is 0 Å². The van der Waals surface area contributed by atoms with Gasteiger partial charge in [0, 0.05) is 6.20 Å². The third-order valence-electron chi connectivity index (χ3n) is 2.23. The van der Waals surface area contributed by atoms with Crippen molar-refractivity contribution < 1.29 is 0 Å². The maximum absolute atomic E-state index is 5.77. The third-order valence-corrected chi connectivity index (χ3v) is 2.23. The molecule has 3 aromatic rings. The van der Waals surface area contributed by atoms with Crippen molar-refractivity contribution in [1.29, 1.82) is 0 Å². The lowest BCUT2D eigenvalue weighted by Gasteiger charge is -1.98. The van der Waals surface area contributed by atoms with E-state index in [1.54, 1.807) is 12.3 Å². The maximum atomic E-state index is 5.77. The van der Waals surface area contributed by atoms with E-state index in [4.69, 9.17) is 11.5 Å². The number of nitrogens with one attached hydrogen (secondary N) is 1. The topological polar surface area (TPSA) is 106 Å². The van der Waals surface area contributed by atoms with Crippen molar-refractivity contribution >= 4 is 33.8 Å². The van der Waals surface area contributed by atoms with E-state index in [0.29, 0.717) is 33.8 Å². The van der Waals surface area contributed by atoms with Crippen molar-refractivity contribution in [3.8, 4) is 0 Å². The van der Waals surface area contributed by atoms with Gasteiger partial charge in [-0.25, -0.2) is 9.97 Å². The minimum Gasteiger partial charge on any atom is -0.382 e. The number of fused-ring (bicyclic) bond motifs is 3. The Bertz CT molecular complexity index is 656. The van der Waals surface area contributed by atoms with Crippen LogP contribution >= 0.6 is 0 Å². The Balaban J connectivity index is 2.63. The Kier molecular flexibility index (Phi) is 1.37. The molecule has 0 saturated heterocycles. The summed E-state index contributed by atoms with van der Waals surface area (Å²) >= 11 is 0. The molecule has 0 radical (unpaired) electrons. The Morgan fingerprint density at radius 2 is 2.00 bits per heavy atom. The smallest absolute Gasteiger partial charge is 0.198 e. The summed E-state index contributed by atoms with van der Waals surface area (Å²) < 4.78 is 0. The first-order valence-electron chi connectivity index (χ1n) is 4.41. The summed E-state index contributed by atoms with van der Waals surface area (Å²) in [5.41, 5.74) is 14.1. The number of anilines is 2. The normalized spacial score (nSPS) is 11.2. The second-order valence-corrected chi connectivity index (χ2v) is 3.21. The highest BCUT2D eigenvalue weighted by molar-refractivity contribution is 6.04. The molecule has 6 nitrogen and oxygen atoms in total.